The van der Waals surface area contributed by atoms with Crippen molar-refractivity contribution >= 4 is 35.0 Å². The number of amides is 1. The van der Waals surface area contributed by atoms with Gasteiger partial charge in [0.25, 0.3) is 0 Å². The topological polar surface area (TPSA) is 71.8 Å². The van der Waals surface area contributed by atoms with Gasteiger partial charge < -0.3 is 10.7 Å². The number of nitrogens with zero attached hydrogens (tertiary/aromatic N) is 3. The van der Waals surface area contributed by atoms with E-state index >= 15 is 0 Å². The van der Waals surface area contributed by atoms with Crippen LogP contribution < -0.4 is 10.7 Å². The maximum atomic E-state index is 13.4. The fourth-order valence-corrected chi connectivity index (χ4v) is 4.16. The van der Waals surface area contributed by atoms with Gasteiger partial charge in [0, 0.05) is 0 Å². The van der Waals surface area contributed by atoms with Gasteiger partial charge in [0.05, 0.1) is 16.8 Å². The summed E-state index contributed by atoms with van der Waals surface area (Å²) in [5, 5.41) is 11.5. The lowest BCUT2D eigenvalue weighted by atomic mass is 10.0. The Labute approximate surface area is 164 Å². The number of aromatic nitrogens is 3. The molecule has 2 atom stereocenters. The van der Waals surface area contributed by atoms with Gasteiger partial charge in [-0.25, -0.2) is 9.07 Å². The molecule has 1 aromatic heterocycles. The third-order valence-electron chi connectivity index (χ3n) is 4.22. The molecule has 1 aliphatic heterocycles. The molecule has 3 aromatic rings. The summed E-state index contributed by atoms with van der Waals surface area (Å²) in [6, 6.07) is 12.7. The second-order valence-electron chi connectivity index (χ2n) is 6.03. The third kappa shape index (κ3) is 3.50. The molecule has 27 heavy (non-hydrogen) atoms. The first kappa shape index (κ1) is 17.8. The number of rotatable bonds is 3. The molecule has 0 aliphatic carbocycles. The van der Waals surface area contributed by atoms with Crippen LogP contribution in [0.25, 0.3) is 0 Å². The Balaban J connectivity index is 1.68. The van der Waals surface area contributed by atoms with Gasteiger partial charge in [-0.05, 0) is 36.8 Å². The van der Waals surface area contributed by atoms with E-state index in [1.807, 2.05) is 6.92 Å². The Hall–Kier alpha value is -2.58. The average molecular weight is 404 g/mol. The molecule has 0 unspecified atom stereocenters. The Morgan fingerprint density at radius 1 is 1.22 bits per heavy atom. The zero-order chi connectivity index (χ0) is 19.0. The van der Waals surface area contributed by atoms with E-state index in [0.29, 0.717) is 21.7 Å². The minimum atomic E-state index is -0.553. The van der Waals surface area contributed by atoms with Gasteiger partial charge in [-0.15, -0.1) is 10.2 Å². The highest BCUT2D eigenvalue weighted by molar-refractivity contribution is 8.00. The van der Waals surface area contributed by atoms with Crippen LogP contribution in [0.3, 0.4) is 0 Å². The zero-order valence-corrected chi connectivity index (χ0v) is 15.8. The van der Waals surface area contributed by atoms with Crippen molar-refractivity contribution in [1.29, 1.82) is 0 Å². The first-order chi connectivity index (χ1) is 13.0. The van der Waals surface area contributed by atoms with Crippen LogP contribution in [0.1, 0.15) is 17.4 Å². The van der Waals surface area contributed by atoms with Crippen molar-refractivity contribution < 1.29 is 9.18 Å². The van der Waals surface area contributed by atoms with Crippen LogP contribution in [0.2, 0.25) is 5.02 Å². The van der Waals surface area contributed by atoms with Gasteiger partial charge in [-0.3, -0.25) is 4.79 Å². The maximum Gasteiger partial charge on any atom is 0.240 e. The van der Waals surface area contributed by atoms with Crippen molar-refractivity contribution in [2.45, 2.75) is 23.4 Å². The van der Waals surface area contributed by atoms with E-state index in [-0.39, 0.29) is 11.7 Å². The van der Waals surface area contributed by atoms with Crippen LogP contribution in [0.5, 0.6) is 0 Å². The Kier molecular flexibility index (Phi) is 4.75. The first-order valence-corrected chi connectivity index (χ1v) is 9.45. The number of hydrogen-bond acceptors (Lipinski definition) is 5. The van der Waals surface area contributed by atoms with Gasteiger partial charge in [0.2, 0.25) is 11.1 Å². The number of hydrogen-bond donors (Lipinski definition) is 2. The van der Waals surface area contributed by atoms with Crippen LogP contribution in [0.4, 0.5) is 10.1 Å². The van der Waals surface area contributed by atoms with E-state index in [1.165, 1.54) is 23.9 Å². The lowest BCUT2D eigenvalue weighted by molar-refractivity contribution is -0.116. The van der Waals surface area contributed by atoms with Crippen LogP contribution in [0, 0.1) is 12.7 Å². The standard InChI is InChI=1S/C18H15ClFN5OS/c1-10-22-23-18-25(10)24-15(11-6-8-12(20)9-7-11)16(27-18)17(26)21-14-5-3-2-4-13(14)19/h2-9,15-16,24H,1H3,(H,21,26)/t15-,16-/m0/s1. The van der Waals surface area contributed by atoms with Crippen LogP contribution >= 0.6 is 23.4 Å². The van der Waals surface area contributed by atoms with Gasteiger partial charge in [-0.2, -0.15) is 0 Å². The molecule has 2 aromatic carbocycles. The summed E-state index contributed by atoms with van der Waals surface area (Å²) in [6.07, 6.45) is 0. The maximum absolute atomic E-state index is 13.4. The summed E-state index contributed by atoms with van der Waals surface area (Å²) >= 11 is 7.45. The van der Waals surface area contributed by atoms with E-state index in [9.17, 15) is 9.18 Å². The molecular formula is C18H15ClFN5OS. The summed E-state index contributed by atoms with van der Waals surface area (Å²) in [5.74, 6) is 0.108. The molecule has 0 saturated carbocycles. The quantitative estimate of drug-likeness (QED) is 0.696. The van der Waals surface area contributed by atoms with E-state index in [1.54, 1.807) is 41.1 Å². The molecule has 6 nitrogen and oxygen atoms in total. The van der Waals surface area contributed by atoms with Crippen LogP contribution in [-0.4, -0.2) is 26.0 Å². The van der Waals surface area contributed by atoms with E-state index in [2.05, 4.69) is 20.9 Å². The Bertz CT molecular complexity index is 994. The van der Waals surface area contributed by atoms with Crippen molar-refractivity contribution in [3.8, 4) is 0 Å². The van der Waals surface area contributed by atoms with Gasteiger partial charge in [-0.1, -0.05) is 47.6 Å². The molecule has 0 radical (unpaired) electrons. The fraction of sp³-hybridized carbons (Fsp3) is 0.167. The normalized spacial score (nSPS) is 18.5. The van der Waals surface area contributed by atoms with Crippen molar-refractivity contribution in [3.63, 3.8) is 0 Å². The summed E-state index contributed by atoms with van der Waals surface area (Å²) in [4.78, 5) is 13.0. The molecule has 138 valence electrons. The van der Waals surface area contributed by atoms with Gasteiger partial charge >= 0.3 is 0 Å². The number of thioether (sulfide) groups is 1. The number of carbonyl (C=O) groups excluding carboxylic acids is 1. The molecule has 0 spiro atoms. The number of carbonyl (C=O) groups is 1. The first-order valence-electron chi connectivity index (χ1n) is 8.19. The predicted octanol–water partition coefficient (Wildman–Crippen LogP) is 3.78. The summed E-state index contributed by atoms with van der Waals surface area (Å²) in [5.41, 5.74) is 4.58. The molecule has 9 heteroatoms. The van der Waals surface area contributed by atoms with Crippen LogP contribution in [0.15, 0.2) is 53.7 Å². The van der Waals surface area contributed by atoms with Crippen LogP contribution in [-0.2, 0) is 4.79 Å². The molecular weight excluding hydrogens is 389 g/mol. The molecule has 2 N–H and O–H groups in total. The number of halogens is 2. The van der Waals surface area contributed by atoms with E-state index in [0.717, 1.165) is 5.56 Å². The second kappa shape index (κ2) is 7.21. The monoisotopic (exact) mass is 403 g/mol. The van der Waals surface area contributed by atoms with Crippen molar-refractivity contribution in [2.24, 2.45) is 0 Å². The number of fused-ring (bicyclic) bond motifs is 1. The SMILES string of the molecule is Cc1nnc2n1N[C@@H](c1ccc(F)cc1)[C@@H](C(=O)Nc1ccccc1Cl)S2. The molecule has 1 aliphatic rings. The number of nitrogens with one attached hydrogen (secondary N) is 2. The fourth-order valence-electron chi connectivity index (χ4n) is 2.85. The highest BCUT2D eigenvalue weighted by Gasteiger charge is 2.37. The van der Waals surface area contributed by atoms with E-state index in [4.69, 9.17) is 11.6 Å². The smallest absolute Gasteiger partial charge is 0.240 e. The minimum Gasteiger partial charge on any atom is -0.324 e. The minimum absolute atomic E-state index is 0.234. The molecule has 2 heterocycles. The molecule has 0 saturated heterocycles. The van der Waals surface area contributed by atoms with Crippen molar-refractivity contribution in [1.82, 2.24) is 14.9 Å². The Morgan fingerprint density at radius 2 is 1.96 bits per heavy atom. The summed E-state index contributed by atoms with van der Waals surface area (Å²) < 4.78 is 15.1. The average Bonchev–Trinajstić information content (AvgIpc) is 3.03. The Morgan fingerprint density at radius 3 is 2.70 bits per heavy atom. The highest BCUT2D eigenvalue weighted by Crippen LogP contribution is 2.37. The summed E-state index contributed by atoms with van der Waals surface area (Å²) in [7, 11) is 0. The van der Waals surface area contributed by atoms with Crippen molar-refractivity contribution in [2.75, 3.05) is 10.7 Å². The molecule has 4 rings (SSSR count). The zero-order valence-electron chi connectivity index (χ0n) is 14.2. The second-order valence-corrected chi connectivity index (χ2v) is 7.55. The largest absolute Gasteiger partial charge is 0.324 e. The molecule has 1 amide bonds. The number of anilines is 1. The highest BCUT2D eigenvalue weighted by atomic mass is 35.5. The lowest BCUT2D eigenvalue weighted by Gasteiger charge is -2.32. The number of aryl methyl sites for hydroxylation is 1. The number of benzene rings is 2. The van der Waals surface area contributed by atoms with Crippen molar-refractivity contribution in [3.05, 3.63) is 70.8 Å². The predicted molar refractivity (Wildman–Crippen MR) is 103 cm³/mol. The molecule has 0 bridgehead atoms. The third-order valence-corrected chi connectivity index (χ3v) is 5.76. The van der Waals surface area contributed by atoms with Gasteiger partial charge in [0.1, 0.15) is 16.9 Å². The lowest BCUT2D eigenvalue weighted by Crippen LogP contribution is -2.41. The van der Waals surface area contributed by atoms with E-state index < -0.39 is 11.3 Å². The number of para-hydroxylation sites is 1. The summed E-state index contributed by atoms with van der Waals surface area (Å²) in [6.45, 7) is 1.82. The van der Waals surface area contributed by atoms with Gasteiger partial charge in [0.15, 0.2) is 0 Å². The molecule has 0 fully saturated rings.